The molecule has 0 rings (SSSR count). The van der Waals surface area contributed by atoms with Crippen LogP contribution in [0.3, 0.4) is 0 Å². The van der Waals surface area contributed by atoms with Crippen molar-refractivity contribution in [1.82, 2.24) is 0 Å². The first-order valence-electron chi connectivity index (χ1n) is 5.52. The molecule has 14 heavy (non-hydrogen) atoms. The van der Waals surface area contributed by atoms with Crippen molar-refractivity contribution in [3.63, 3.8) is 0 Å². The molecule has 1 N–H and O–H groups in total. The fourth-order valence-electron chi connectivity index (χ4n) is 1.66. The predicted molar refractivity (Wildman–Crippen MR) is 59.3 cm³/mol. The molecule has 0 aromatic rings. The van der Waals surface area contributed by atoms with Crippen LogP contribution >= 0.6 is 0 Å². The topological polar surface area (TPSA) is 37.3 Å². The minimum absolute atomic E-state index is 0.183. The molecule has 0 saturated carbocycles. The lowest BCUT2D eigenvalue weighted by Crippen LogP contribution is -2.14. The molecule has 0 fully saturated rings. The van der Waals surface area contributed by atoms with Crippen LogP contribution in [-0.2, 0) is 4.79 Å². The number of aliphatic carboxylic acids is 1. The van der Waals surface area contributed by atoms with E-state index in [0.29, 0.717) is 0 Å². The van der Waals surface area contributed by atoms with Gasteiger partial charge in [0, 0.05) is 0 Å². The monoisotopic (exact) mass is 198 g/mol. The van der Waals surface area contributed by atoms with Gasteiger partial charge in [-0.15, -0.1) is 0 Å². The first-order chi connectivity index (χ1) is 6.65. The van der Waals surface area contributed by atoms with E-state index in [-0.39, 0.29) is 5.92 Å². The molecule has 0 aromatic heterocycles. The summed E-state index contributed by atoms with van der Waals surface area (Å²) in [5, 5.41) is 8.99. The summed E-state index contributed by atoms with van der Waals surface area (Å²) in [7, 11) is 0. The summed E-state index contributed by atoms with van der Waals surface area (Å²) < 4.78 is 0. The Labute approximate surface area is 87.0 Å². The van der Waals surface area contributed by atoms with E-state index in [1.807, 2.05) is 13.8 Å². The minimum atomic E-state index is -0.651. The van der Waals surface area contributed by atoms with Gasteiger partial charge in [-0.3, -0.25) is 4.79 Å². The van der Waals surface area contributed by atoms with Crippen molar-refractivity contribution >= 4 is 5.97 Å². The molecule has 0 aliphatic heterocycles. The van der Waals surface area contributed by atoms with Gasteiger partial charge in [0.05, 0.1) is 5.92 Å². The van der Waals surface area contributed by atoms with E-state index < -0.39 is 5.97 Å². The summed E-state index contributed by atoms with van der Waals surface area (Å²) in [6, 6.07) is 0. The molecule has 0 aliphatic carbocycles. The summed E-state index contributed by atoms with van der Waals surface area (Å²) in [6.07, 6.45) is 6.65. The van der Waals surface area contributed by atoms with E-state index in [9.17, 15) is 4.79 Å². The van der Waals surface area contributed by atoms with Gasteiger partial charge in [-0.25, -0.2) is 0 Å². The Balaban J connectivity index is 4.19. The number of carboxylic acids is 1. The second kappa shape index (κ2) is 7.60. The van der Waals surface area contributed by atoms with E-state index in [0.717, 1.165) is 32.1 Å². The van der Waals surface area contributed by atoms with Gasteiger partial charge in [0.25, 0.3) is 0 Å². The average molecular weight is 198 g/mol. The third-order valence-corrected chi connectivity index (χ3v) is 2.47. The molecule has 0 bridgehead atoms. The van der Waals surface area contributed by atoms with Crippen molar-refractivity contribution in [3.8, 4) is 0 Å². The van der Waals surface area contributed by atoms with Gasteiger partial charge in [0.2, 0.25) is 0 Å². The SMILES string of the molecule is CC=C(CCC)CC(CCC)C(=O)O. The summed E-state index contributed by atoms with van der Waals surface area (Å²) in [5.74, 6) is -0.833. The smallest absolute Gasteiger partial charge is 0.306 e. The normalized spacial score (nSPS) is 14.1. The zero-order valence-corrected chi connectivity index (χ0v) is 9.55. The summed E-state index contributed by atoms with van der Waals surface area (Å²) >= 11 is 0. The summed E-state index contributed by atoms with van der Waals surface area (Å²) in [6.45, 7) is 6.15. The third kappa shape index (κ3) is 5.05. The lowest BCUT2D eigenvalue weighted by molar-refractivity contribution is -0.141. The zero-order chi connectivity index (χ0) is 11.0. The number of carboxylic acid groups (broad SMARTS) is 1. The maximum atomic E-state index is 10.9. The molecule has 2 nitrogen and oxygen atoms in total. The van der Waals surface area contributed by atoms with E-state index in [4.69, 9.17) is 5.11 Å². The molecule has 1 atom stereocenters. The Kier molecular flexibility index (Phi) is 7.17. The van der Waals surface area contributed by atoms with Crippen molar-refractivity contribution in [2.75, 3.05) is 0 Å². The third-order valence-electron chi connectivity index (χ3n) is 2.47. The van der Waals surface area contributed by atoms with Crippen LogP contribution < -0.4 is 0 Å². The zero-order valence-electron chi connectivity index (χ0n) is 9.55. The predicted octanol–water partition coefficient (Wildman–Crippen LogP) is 3.62. The number of carbonyl (C=O) groups is 1. The first-order valence-corrected chi connectivity index (χ1v) is 5.52. The Morgan fingerprint density at radius 3 is 2.36 bits per heavy atom. The van der Waals surface area contributed by atoms with Gasteiger partial charge >= 0.3 is 5.97 Å². The highest BCUT2D eigenvalue weighted by Crippen LogP contribution is 2.20. The van der Waals surface area contributed by atoms with Gasteiger partial charge in [0.1, 0.15) is 0 Å². The Morgan fingerprint density at radius 2 is 2.00 bits per heavy atom. The van der Waals surface area contributed by atoms with Crippen LogP contribution in [0.2, 0.25) is 0 Å². The van der Waals surface area contributed by atoms with Crippen molar-refractivity contribution in [1.29, 1.82) is 0 Å². The summed E-state index contributed by atoms with van der Waals surface area (Å²) in [4.78, 5) is 10.9. The summed E-state index contributed by atoms with van der Waals surface area (Å²) in [5.41, 5.74) is 1.29. The highest BCUT2D eigenvalue weighted by atomic mass is 16.4. The van der Waals surface area contributed by atoms with Gasteiger partial charge in [-0.1, -0.05) is 38.3 Å². The largest absolute Gasteiger partial charge is 0.481 e. The van der Waals surface area contributed by atoms with Crippen molar-refractivity contribution < 1.29 is 9.90 Å². The number of rotatable bonds is 7. The van der Waals surface area contributed by atoms with Crippen LogP contribution in [0.1, 0.15) is 52.9 Å². The Hall–Kier alpha value is -0.790. The molecule has 0 radical (unpaired) electrons. The van der Waals surface area contributed by atoms with Gasteiger partial charge in [0.15, 0.2) is 0 Å². The maximum Gasteiger partial charge on any atom is 0.306 e. The first kappa shape index (κ1) is 13.2. The van der Waals surface area contributed by atoms with Gasteiger partial charge < -0.3 is 5.11 Å². The molecular weight excluding hydrogens is 176 g/mol. The van der Waals surface area contributed by atoms with Crippen molar-refractivity contribution in [2.24, 2.45) is 5.92 Å². The fraction of sp³-hybridized carbons (Fsp3) is 0.750. The van der Waals surface area contributed by atoms with Crippen LogP contribution in [0.4, 0.5) is 0 Å². The van der Waals surface area contributed by atoms with Gasteiger partial charge in [-0.2, -0.15) is 0 Å². The van der Waals surface area contributed by atoms with Crippen molar-refractivity contribution in [2.45, 2.75) is 52.9 Å². The molecular formula is C12H22O2. The highest BCUT2D eigenvalue weighted by molar-refractivity contribution is 5.70. The fourth-order valence-corrected chi connectivity index (χ4v) is 1.66. The number of hydrogen-bond donors (Lipinski definition) is 1. The lowest BCUT2D eigenvalue weighted by atomic mass is 9.93. The second-order valence-corrected chi connectivity index (χ2v) is 3.72. The Morgan fingerprint density at radius 1 is 1.36 bits per heavy atom. The van der Waals surface area contributed by atoms with E-state index in [2.05, 4.69) is 13.0 Å². The van der Waals surface area contributed by atoms with E-state index in [1.165, 1.54) is 5.57 Å². The maximum absolute atomic E-state index is 10.9. The highest BCUT2D eigenvalue weighted by Gasteiger charge is 2.17. The molecule has 0 saturated heterocycles. The molecule has 0 heterocycles. The standard InChI is InChI=1S/C12H22O2/c1-4-7-10(6-3)9-11(8-5-2)12(13)14/h6,11H,4-5,7-9H2,1-3H3,(H,13,14). The molecule has 0 spiro atoms. The molecule has 0 aromatic carbocycles. The molecule has 2 heteroatoms. The molecule has 82 valence electrons. The van der Waals surface area contributed by atoms with Gasteiger partial charge in [-0.05, 0) is 26.2 Å². The quantitative estimate of drug-likeness (QED) is 0.634. The van der Waals surface area contributed by atoms with E-state index >= 15 is 0 Å². The van der Waals surface area contributed by atoms with Crippen LogP contribution in [0.5, 0.6) is 0 Å². The molecule has 0 aliphatic rings. The van der Waals surface area contributed by atoms with Crippen LogP contribution in [0.15, 0.2) is 11.6 Å². The molecule has 0 amide bonds. The number of hydrogen-bond acceptors (Lipinski definition) is 1. The minimum Gasteiger partial charge on any atom is -0.481 e. The average Bonchev–Trinajstić information content (AvgIpc) is 2.15. The van der Waals surface area contributed by atoms with Crippen LogP contribution in [0.25, 0.3) is 0 Å². The second-order valence-electron chi connectivity index (χ2n) is 3.72. The van der Waals surface area contributed by atoms with Crippen LogP contribution in [0, 0.1) is 5.92 Å². The molecule has 1 unspecified atom stereocenters. The van der Waals surface area contributed by atoms with E-state index in [1.54, 1.807) is 0 Å². The van der Waals surface area contributed by atoms with Crippen molar-refractivity contribution in [3.05, 3.63) is 11.6 Å². The lowest BCUT2D eigenvalue weighted by Gasteiger charge is -2.13. The van der Waals surface area contributed by atoms with Crippen LogP contribution in [-0.4, -0.2) is 11.1 Å². The Bertz CT molecular complexity index is 194. The number of allylic oxidation sites excluding steroid dienone is 2.